The van der Waals surface area contributed by atoms with E-state index in [9.17, 15) is 8.42 Å². The SMILES string of the molecule is Cc1ncc(C)c(N[C@H]2COC[C@H]2CS(=O)(=O)N(C)C)n1. The second-order valence-corrected chi connectivity index (χ2v) is 7.79. The second kappa shape index (κ2) is 6.25. The maximum absolute atomic E-state index is 12.0. The van der Waals surface area contributed by atoms with Gasteiger partial charge >= 0.3 is 0 Å². The second-order valence-electron chi connectivity index (χ2n) is 5.56. The van der Waals surface area contributed by atoms with E-state index in [1.807, 2.05) is 13.8 Å². The molecule has 1 aromatic heterocycles. The van der Waals surface area contributed by atoms with Gasteiger partial charge in [0.1, 0.15) is 11.6 Å². The zero-order valence-electron chi connectivity index (χ0n) is 12.8. The van der Waals surface area contributed by atoms with Crippen LogP contribution >= 0.6 is 0 Å². The molecule has 1 aliphatic rings. The first-order chi connectivity index (χ1) is 9.79. The molecule has 0 aromatic carbocycles. The van der Waals surface area contributed by atoms with Gasteiger partial charge in [-0.1, -0.05) is 0 Å². The zero-order valence-corrected chi connectivity index (χ0v) is 13.6. The molecule has 2 heterocycles. The topological polar surface area (TPSA) is 84.4 Å². The molecular weight excluding hydrogens is 292 g/mol. The molecular formula is C13H22N4O3S. The molecule has 1 aromatic rings. The van der Waals surface area contributed by atoms with Crippen LogP contribution < -0.4 is 5.32 Å². The fourth-order valence-electron chi connectivity index (χ4n) is 2.19. The Morgan fingerprint density at radius 3 is 2.76 bits per heavy atom. The lowest BCUT2D eigenvalue weighted by Crippen LogP contribution is -2.37. The molecule has 1 fully saturated rings. The predicted molar refractivity (Wildman–Crippen MR) is 80.7 cm³/mol. The summed E-state index contributed by atoms with van der Waals surface area (Å²) in [6, 6.07) is -0.0623. The van der Waals surface area contributed by atoms with Gasteiger partial charge in [0.2, 0.25) is 10.0 Å². The molecule has 0 spiro atoms. The molecule has 0 amide bonds. The highest BCUT2D eigenvalue weighted by Crippen LogP contribution is 2.22. The highest BCUT2D eigenvalue weighted by atomic mass is 32.2. The van der Waals surface area contributed by atoms with Gasteiger partial charge in [0.25, 0.3) is 0 Å². The monoisotopic (exact) mass is 314 g/mol. The van der Waals surface area contributed by atoms with Crippen molar-refractivity contribution in [2.75, 3.05) is 38.4 Å². The molecule has 2 rings (SSSR count). The third kappa shape index (κ3) is 3.90. The number of aryl methyl sites for hydroxylation is 2. The minimum atomic E-state index is -3.24. The van der Waals surface area contributed by atoms with Crippen molar-refractivity contribution in [2.24, 2.45) is 5.92 Å². The third-order valence-electron chi connectivity index (χ3n) is 3.59. The van der Waals surface area contributed by atoms with E-state index < -0.39 is 10.0 Å². The Kier molecular flexibility index (Phi) is 4.80. The van der Waals surface area contributed by atoms with Crippen LogP contribution in [0.5, 0.6) is 0 Å². The van der Waals surface area contributed by atoms with Gasteiger partial charge in [-0.2, -0.15) is 0 Å². The summed E-state index contributed by atoms with van der Waals surface area (Å²) in [5, 5.41) is 3.30. The van der Waals surface area contributed by atoms with Gasteiger partial charge in [-0.25, -0.2) is 22.7 Å². The van der Waals surface area contributed by atoms with E-state index in [0.29, 0.717) is 19.0 Å². The summed E-state index contributed by atoms with van der Waals surface area (Å²) in [5.41, 5.74) is 0.932. The fraction of sp³-hybridized carbons (Fsp3) is 0.692. The highest BCUT2D eigenvalue weighted by Gasteiger charge is 2.33. The smallest absolute Gasteiger partial charge is 0.214 e. The van der Waals surface area contributed by atoms with E-state index in [-0.39, 0.29) is 17.7 Å². The number of nitrogens with zero attached hydrogens (tertiary/aromatic N) is 3. The maximum Gasteiger partial charge on any atom is 0.214 e. The van der Waals surface area contributed by atoms with Crippen LogP contribution in [0.1, 0.15) is 11.4 Å². The fourth-order valence-corrected chi connectivity index (χ4v) is 3.36. The number of hydrogen-bond acceptors (Lipinski definition) is 6. The molecule has 118 valence electrons. The Morgan fingerprint density at radius 2 is 2.10 bits per heavy atom. The van der Waals surface area contributed by atoms with Crippen molar-refractivity contribution in [1.82, 2.24) is 14.3 Å². The summed E-state index contributed by atoms with van der Waals surface area (Å²) < 4.78 is 30.7. The van der Waals surface area contributed by atoms with E-state index in [2.05, 4.69) is 15.3 Å². The molecule has 1 saturated heterocycles. The Morgan fingerprint density at radius 1 is 1.38 bits per heavy atom. The van der Waals surface area contributed by atoms with Crippen LogP contribution in [-0.2, 0) is 14.8 Å². The molecule has 0 saturated carbocycles. The van der Waals surface area contributed by atoms with Crippen LogP contribution in [0.15, 0.2) is 6.20 Å². The average molecular weight is 314 g/mol. The summed E-state index contributed by atoms with van der Waals surface area (Å²) in [6.07, 6.45) is 1.76. The van der Waals surface area contributed by atoms with Crippen molar-refractivity contribution >= 4 is 15.8 Å². The Balaban J connectivity index is 2.11. The lowest BCUT2D eigenvalue weighted by atomic mass is 10.1. The third-order valence-corrected chi connectivity index (χ3v) is 5.56. The van der Waals surface area contributed by atoms with Crippen LogP contribution in [0.25, 0.3) is 0 Å². The Hall–Kier alpha value is -1.25. The number of sulfonamides is 1. The molecule has 21 heavy (non-hydrogen) atoms. The number of aromatic nitrogens is 2. The molecule has 2 atom stereocenters. The van der Waals surface area contributed by atoms with Crippen molar-refractivity contribution in [3.8, 4) is 0 Å². The number of nitrogens with one attached hydrogen (secondary N) is 1. The summed E-state index contributed by atoms with van der Waals surface area (Å²) in [4.78, 5) is 8.50. The minimum absolute atomic E-state index is 0.0623. The minimum Gasteiger partial charge on any atom is -0.379 e. The van der Waals surface area contributed by atoms with Gasteiger partial charge in [0.05, 0.1) is 25.0 Å². The summed E-state index contributed by atoms with van der Waals surface area (Å²) >= 11 is 0. The lowest BCUT2D eigenvalue weighted by molar-refractivity contribution is 0.187. The maximum atomic E-state index is 12.0. The Bertz CT molecular complexity index is 603. The van der Waals surface area contributed by atoms with Gasteiger partial charge in [-0.15, -0.1) is 0 Å². The molecule has 0 radical (unpaired) electrons. The first-order valence-electron chi connectivity index (χ1n) is 6.84. The Labute approximate surface area is 125 Å². The average Bonchev–Trinajstić information content (AvgIpc) is 2.80. The number of ether oxygens (including phenoxy) is 1. The first kappa shape index (κ1) is 16.1. The van der Waals surface area contributed by atoms with Gasteiger partial charge in [0.15, 0.2) is 0 Å². The largest absolute Gasteiger partial charge is 0.379 e. The molecule has 7 nitrogen and oxygen atoms in total. The van der Waals surface area contributed by atoms with E-state index in [4.69, 9.17) is 4.74 Å². The van der Waals surface area contributed by atoms with Gasteiger partial charge in [0, 0.05) is 31.8 Å². The van der Waals surface area contributed by atoms with Gasteiger partial charge < -0.3 is 10.1 Å². The van der Waals surface area contributed by atoms with Crippen molar-refractivity contribution < 1.29 is 13.2 Å². The summed E-state index contributed by atoms with van der Waals surface area (Å²) in [5.74, 6) is 1.40. The lowest BCUT2D eigenvalue weighted by Gasteiger charge is -2.22. The van der Waals surface area contributed by atoms with Crippen molar-refractivity contribution in [3.05, 3.63) is 17.6 Å². The zero-order chi connectivity index (χ0) is 15.6. The molecule has 1 aliphatic heterocycles. The molecule has 0 bridgehead atoms. The number of hydrogen-bond donors (Lipinski definition) is 1. The van der Waals surface area contributed by atoms with Gasteiger partial charge in [-0.05, 0) is 13.8 Å². The normalized spacial score (nSPS) is 22.7. The summed E-state index contributed by atoms with van der Waals surface area (Å²) in [6.45, 7) is 4.66. The molecule has 0 unspecified atom stereocenters. The molecule has 0 aliphatic carbocycles. The van der Waals surface area contributed by atoms with E-state index >= 15 is 0 Å². The molecule has 8 heteroatoms. The van der Waals surface area contributed by atoms with Crippen molar-refractivity contribution in [1.29, 1.82) is 0 Å². The van der Waals surface area contributed by atoms with E-state index in [1.54, 1.807) is 20.3 Å². The van der Waals surface area contributed by atoms with E-state index in [1.165, 1.54) is 4.31 Å². The van der Waals surface area contributed by atoms with Crippen molar-refractivity contribution in [3.63, 3.8) is 0 Å². The van der Waals surface area contributed by atoms with Crippen LogP contribution in [0.2, 0.25) is 0 Å². The quantitative estimate of drug-likeness (QED) is 0.847. The van der Waals surface area contributed by atoms with Crippen LogP contribution in [0, 0.1) is 19.8 Å². The summed E-state index contributed by atoms with van der Waals surface area (Å²) in [7, 11) is -0.150. The molecule has 1 N–H and O–H groups in total. The number of anilines is 1. The van der Waals surface area contributed by atoms with Gasteiger partial charge in [-0.3, -0.25) is 0 Å². The highest BCUT2D eigenvalue weighted by molar-refractivity contribution is 7.89. The predicted octanol–water partition coefficient (Wildman–Crippen LogP) is 0.412. The van der Waals surface area contributed by atoms with E-state index in [0.717, 1.165) is 11.4 Å². The number of rotatable bonds is 5. The van der Waals surface area contributed by atoms with Crippen LogP contribution in [0.3, 0.4) is 0 Å². The van der Waals surface area contributed by atoms with Crippen LogP contribution in [0.4, 0.5) is 5.82 Å². The van der Waals surface area contributed by atoms with Crippen LogP contribution in [-0.4, -0.2) is 61.8 Å². The first-order valence-corrected chi connectivity index (χ1v) is 8.45. The van der Waals surface area contributed by atoms with Crippen molar-refractivity contribution in [2.45, 2.75) is 19.9 Å². The standard InChI is InChI=1S/C13H22N4O3S/c1-9-5-14-10(2)15-13(9)16-12-7-20-6-11(12)8-21(18,19)17(3)4/h5,11-12H,6-8H2,1-4H3,(H,14,15,16)/t11-,12-/m0/s1.